The van der Waals surface area contributed by atoms with Gasteiger partial charge in [0.2, 0.25) is 0 Å². The van der Waals surface area contributed by atoms with Gasteiger partial charge in [-0.1, -0.05) is 23.8 Å². The summed E-state index contributed by atoms with van der Waals surface area (Å²) in [5.74, 6) is 0.828. The SMILES string of the molecule is COc1ccccc1Nc1cc(C)nc2c(C)cc(C)cc12.[Cl-]. The van der Waals surface area contributed by atoms with Crippen molar-refractivity contribution in [3.05, 3.63) is 59.3 Å². The number of nitrogens with one attached hydrogen (secondary N) is 1. The smallest absolute Gasteiger partial charge is 0.142 e. The van der Waals surface area contributed by atoms with Crippen LogP contribution in [0.5, 0.6) is 5.75 Å². The molecule has 1 N–H and O–H groups in total. The number of aryl methyl sites for hydroxylation is 3. The summed E-state index contributed by atoms with van der Waals surface area (Å²) in [7, 11) is 1.69. The van der Waals surface area contributed by atoms with Gasteiger partial charge in [0.05, 0.1) is 18.3 Å². The molecule has 4 heteroatoms. The fourth-order valence-corrected chi connectivity index (χ4v) is 2.81. The zero-order valence-corrected chi connectivity index (χ0v) is 14.5. The van der Waals surface area contributed by atoms with Crippen molar-refractivity contribution in [3.8, 4) is 5.75 Å². The molecule has 23 heavy (non-hydrogen) atoms. The first-order valence-corrected chi connectivity index (χ1v) is 7.37. The molecule has 0 amide bonds. The van der Waals surface area contributed by atoms with E-state index >= 15 is 0 Å². The van der Waals surface area contributed by atoms with Crippen LogP contribution < -0.4 is 22.5 Å². The number of halogens is 1. The van der Waals surface area contributed by atoms with Crippen molar-refractivity contribution in [2.45, 2.75) is 20.8 Å². The number of aromatic nitrogens is 1. The Hall–Kier alpha value is -2.26. The maximum absolute atomic E-state index is 5.43. The standard InChI is InChI=1S/C19H20N2O.ClH/c1-12-9-13(2)19-15(10-12)17(11-14(3)20-19)21-16-7-5-6-8-18(16)22-4;/h5-11H,1-4H3,(H,20,21);1H/p-1. The number of para-hydroxylation sites is 2. The van der Waals surface area contributed by atoms with E-state index in [1.54, 1.807) is 7.11 Å². The molecule has 3 nitrogen and oxygen atoms in total. The molecule has 0 fully saturated rings. The zero-order valence-electron chi connectivity index (χ0n) is 13.8. The Morgan fingerprint density at radius 3 is 2.43 bits per heavy atom. The highest BCUT2D eigenvalue weighted by atomic mass is 35.5. The topological polar surface area (TPSA) is 34.1 Å². The maximum atomic E-state index is 5.43. The lowest BCUT2D eigenvalue weighted by molar-refractivity contribution is -0.00000495. The molecule has 0 aliphatic carbocycles. The number of pyridine rings is 1. The fourth-order valence-electron chi connectivity index (χ4n) is 2.81. The van der Waals surface area contributed by atoms with Gasteiger partial charge in [-0.15, -0.1) is 0 Å². The largest absolute Gasteiger partial charge is 1.00 e. The lowest BCUT2D eigenvalue weighted by Gasteiger charge is -2.15. The second-order valence-corrected chi connectivity index (χ2v) is 5.61. The minimum absolute atomic E-state index is 0. The van der Waals surface area contributed by atoms with E-state index < -0.39 is 0 Å². The number of fused-ring (bicyclic) bond motifs is 1. The molecule has 0 aliphatic rings. The van der Waals surface area contributed by atoms with E-state index in [0.29, 0.717) is 0 Å². The molecule has 2 aromatic carbocycles. The molecule has 0 saturated heterocycles. The first-order chi connectivity index (χ1) is 10.6. The van der Waals surface area contributed by atoms with Crippen LogP contribution in [0.4, 0.5) is 11.4 Å². The zero-order chi connectivity index (χ0) is 15.7. The molecular weight excluding hydrogens is 308 g/mol. The lowest BCUT2D eigenvalue weighted by Crippen LogP contribution is -3.00. The van der Waals surface area contributed by atoms with Gasteiger partial charge in [-0.05, 0) is 50.6 Å². The fraction of sp³-hybridized carbons (Fsp3) is 0.211. The van der Waals surface area contributed by atoms with Crippen LogP contribution >= 0.6 is 0 Å². The Kier molecular flexibility index (Phi) is 5.12. The normalized spacial score (nSPS) is 10.3. The molecule has 0 saturated carbocycles. The summed E-state index contributed by atoms with van der Waals surface area (Å²) in [4.78, 5) is 4.69. The molecule has 0 atom stereocenters. The van der Waals surface area contributed by atoms with Gasteiger partial charge in [-0.2, -0.15) is 0 Å². The monoisotopic (exact) mass is 327 g/mol. The van der Waals surface area contributed by atoms with Crippen molar-refractivity contribution in [3.63, 3.8) is 0 Å². The average molecular weight is 328 g/mol. The van der Waals surface area contributed by atoms with Gasteiger partial charge < -0.3 is 22.5 Å². The molecular formula is C19H20ClN2O-. The molecule has 1 aromatic heterocycles. The van der Waals surface area contributed by atoms with Gasteiger partial charge in [0, 0.05) is 16.8 Å². The van der Waals surface area contributed by atoms with Crippen LogP contribution in [0.3, 0.4) is 0 Å². The summed E-state index contributed by atoms with van der Waals surface area (Å²) in [6.07, 6.45) is 0. The third kappa shape index (κ3) is 3.40. The summed E-state index contributed by atoms with van der Waals surface area (Å²) in [5.41, 5.74) is 6.48. The molecule has 0 bridgehead atoms. The number of rotatable bonds is 3. The van der Waals surface area contributed by atoms with Crippen LogP contribution in [0.1, 0.15) is 16.8 Å². The molecule has 0 aliphatic heterocycles. The number of nitrogens with zero attached hydrogens (tertiary/aromatic N) is 1. The molecule has 0 spiro atoms. The van der Waals surface area contributed by atoms with Crippen molar-refractivity contribution < 1.29 is 17.1 Å². The summed E-state index contributed by atoms with van der Waals surface area (Å²) in [6, 6.07) is 14.4. The minimum Gasteiger partial charge on any atom is -1.00 e. The van der Waals surface area contributed by atoms with E-state index in [0.717, 1.165) is 33.7 Å². The highest BCUT2D eigenvalue weighted by Gasteiger charge is 2.09. The van der Waals surface area contributed by atoms with Gasteiger partial charge in [0.1, 0.15) is 5.75 Å². The number of anilines is 2. The van der Waals surface area contributed by atoms with Crippen LogP contribution in [-0.4, -0.2) is 12.1 Å². The second-order valence-electron chi connectivity index (χ2n) is 5.61. The van der Waals surface area contributed by atoms with Gasteiger partial charge in [0.25, 0.3) is 0 Å². The van der Waals surface area contributed by atoms with E-state index in [4.69, 9.17) is 4.74 Å². The highest BCUT2D eigenvalue weighted by molar-refractivity contribution is 5.95. The predicted octanol–water partition coefficient (Wildman–Crippen LogP) is 1.92. The number of ether oxygens (including phenoxy) is 1. The quantitative estimate of drug-likeness (QED) is 0.798. The minimum atomic E-state index is 0. The van der Waals surface area contributed by atoms with Gasteiger partial charge >= 0.3 is 0 Å². The average Bonchev–Trinajstić information content (AvgIpc) is 2.49. The van der Waals surface area contributed by atoms with E-state index in [1.165, 1.54) is 11.1 Å². The number of benzene rings is 2. The Morgan fingerprint density at radius 1 is 0.957 bits per heavy atom. The Labute approximate surface area is 143 Å². The third-order valence-electron chi connectivity index (χ3n) is 3.75. The number of hydrogen-bond acceptors (Lipinski definition) is 3. The summed E-state index contributed by atoms with van der Waals surface area (Å²) in [6.45, 7) is 6.24. The molecule has 0 radical (unpaired) electrons. The van der Waals surface area contributed by atoms with Crippen molar-refractivity contribution in [2.24, 2.45) is 0 Å². The Bertz CT molecular complexity index is 846. The van der Waals surface area contributed by atoms with Crippen LogP contribution in [-0.2, 0) is 0 Å². The third-order valence-corrected chi connectivity index (χ3v) is 3.75. The Morgan fingerprint density at radius 2 is 1.70 bits per heavy atom. The lowest BCUT2D eigenvalue weighted by atomic mass is 10.0. The maximum Gasteiger partial charge on any atom is 0.142 e. The van der Waals surface area contributed by atoms with E-state index in [1.807, 2.05) is 31.2 Å². The van der Waals surface area contributed by atoms with Crippen LogP contribution in [0, 0.1) is 20.8 Å². The van der Waals surface area contributed by atoms with Crippen molar-refractivity contribution >= 4 is 22.3 Å². The molecule has 1 heterocycles. The molecule has 120 valence electrons. The summed E-state index contributed by atoms with van der Waals surface area (Å²) >= 11 is 0. The summed E-state index contributed by atoms with van der Waals surface area (Å²) in [5, 5.41) is 4.63. The van der Waals surface area contributed by atoms with Crippen LogP contribution in [0.25, 0.3) is 10.9 Å². The van der Waals surface area contributed by atoms with Crippen molar-refractivity contribution in [2.75, 3.05) is 12.4 Å². The van der Waals surface area contributed by atoms with Gasteiger partial charge in [0.15, 0.2) is 0 Å². The number of hydrogen-bond donors (Lipinski definition) is 1. The van der Waals surface area contributed by atoms with Crippen LogP contribution in [0.2, 0.25) is 0 Å². The van der Waals surface area contributed by atoms with E-state index in [2.05, 4.69) is 42.3 Å². The van der Waals surface area contributed by atoms with Crippen molar-refractivity contribution in [1.82, 2.24) is 4.98 Å². The molecule has 3 aromatic rings. The summed E-state index contributed by atoms with van der Waals surface area (Å²) < 4.78 is 5.43. The van der Waals surface area contributed by atoms with Gasteiger partial charge in [-0.3, -0.25) is 4.98 Å². The Balaban J connectivity index is 0.00000192. The van der Waals surface area contributed by atoms with Crippen molar-refractivity contribution in [1.29, 1.82) is 0 Å². The molecule has 3 rings (SSSR count). The van der Waals surface area contributed by atoms with E-state index in [9.17, 15) is 0 Å². The van der Waals surface area contributed by atoms with Crippen LogP contribution in [0.15, 0.2) is 42.5 Å². The molecule has 0 unspecified atom stereocenters. The predicted molar refractivity (Wildman–Crippen MR) is 92.2 cm³/mol. The first-order valence-electron chi connectivity index (χ1n) is 7.37. The van der Waals surface area contributed by atoms with E-state index in [-0.39, 0.29) is 12.4 Å². The number of methoxy groups -OCH3 is 1. The van der Waals surface area contributed by atoms with Gasteiger partial charge in [-0.25, -0.2) is 0 Å². The second kappa shape index (κ2) is 6.88. The first kappa shape index (κ1) is 17.1. The highest BCUT2D eigenvalue weighted by Crippen LogP contribution is 2.32.